The lowest BCUT2D eigenvalue weighted by Gasteiger charge is -2.09. The maximum Gasteiger partial charge on any atom is 0.331 e. The molecule has 0 fully saturated rings. The Labute approximate surface area is 108 Å². The van der Waals surface area contributed by atoms with Crippen molar-refractivity contribution in [3.8, 4) is 5.88 Å². The first-order valence-electron chi connectivity index (χ1n) is 5.92. The molecule has 0 atom stereocenters. The largest absolute Gasteiger partial charge is 0.494 e. The van der Waals surface area contributed by atoms with Crippen LogP contribution in [0.5, 0.6) is 5.88 Å². The monoisotopic (exact) mass is 265 g/mol. The van der Waals surface area contributed by atoms with Crippen LogP contribution in [0.3, 0.4) is 0 Å². The van der Waals surface area contributed by atoms with Crippen LogP contribution < -0.4 is 11.2 Å². The van der Waals surface area contributed by atoms with Crippen molar-refractivity contribution in [2.45, 2.75) is 26.3 Å². The molecule has 0 spiro atoms. The SMILES string of the molecule is CCc1c(O)n(CCc2nncn2C)c(=O)[nH]c1=O. The van der Waals surface area contributed by atoms with Gasteiger partial charge in [-0.1, -0.05) is 6.92 Å². The Hall–Kier alpha value is -2.38. The zero-order chi connectivity index (χ0) is 14.0. The predicted octanol–water partition coefficient (Wildman–Crippen LogP) is -0.824. The van der Waals surface area contributed by atoms with Gasteiger partial charge in [-0.2, -0.15) is 0 Å². The van der Waals surface area contributed by atoms with Gasteiger partial charge < -0.3 is 9.67 Å². The molecule has 0 amide bonds. The summed E-state index contributed by atoms with van der Waals surface area (Å²) in [7, 11) is 1.79. The lowest BCUT2D eigenvalue weighted by molar-refractivity contribution is 0.391. The minimum Gasteiger partial charge on any atom is -0.494 e. The van der Waals surface area contributed by atoms with Crippen LogP contribution in [0.2, 0.25) is 0 Å². The van der Waals surface area contributed by atoms with Crippen molar-refractivity contribution in [2.24, 2.45) is 7.05 Å². The van der Waals surface area contributed by atoms with Gasteiger partial charge in [0.15, 0.2) is 0 Å². The van der Waals surface area contributed by atoms with Gasteiger partial charge in [0, 0.05) is 20.0 Å². The van der Waals surface area contributed by atoms with E-state index in [9.17, 15) is 14.7 Å². The van der Waals surface area contributed by atoms with Crippen LogP contribution in [0.1, 0.15) is 18.3 Å². The van der Waals surface area contributed by atoms with E-state index >= 15 is 0 Å². The van der Waals surface area contributed by atoms with Gasteiger partial charge in [-0.15, -0.1) is 10.2 Å². The summed E-state index contributed by atoms with van der Waals surface area (Å²) < 4.78 is 2.86. The van der Waals surface area contributed by atoms with E-state index in [1.165, 1.54) is 0 Å². The average molecular weight is 265 g/mol. The molecule has 2 aromatic rings. The number of aromatic amines is 1. The molecule has 0 bridgehead atoms. The van der Waals surface area contributed by atoms with Crippen molar-refractivity contribution in [3.63, 3.8) is 0 Å². The van der Waals surface area contributed by atoms with Gasteiger partial charge in [0.25, 0.3) is 5.56 Å². The molecule has 0 aliphatic rings. The number of H-pyrrole nitrogens is 1. The molecule has 0 aromatic carbocycles. The summed E-state index contributed by atoms with van der Waals surface area (Å²) in [5.41, 5.74) is -0.959. The molecule has 0 saturated heterocycles. The molecule has 0 aliphatic heterocycles. The summed E-state index contributed by atoms with van der Waals surface area (Å²) in [5, 5.41) is 17.6. The first-order chi connectivity index (χ1) is 9.04. The summed E-state index contributed by atoms with van der Waals surface area (Å²) in [6.45, 7) is 1.96. The fraction of sp³-hybridized carbons (Fsp3) is 0.455. The molecule has 0 radical (unpaired) electrons. The van der Waals surface area contributed by atoms with Crippen molar-refractivity contribution in [2.75, 3.05) is 0 Å². The molecule has 0 unspecified atom stereocenters. The minimum atomic E-state index is -0.623. The van der Waals surface area contributed by atoms with E-state index < -0.39 is 11.2 Å². The second-order valence-corrected chi connectivity index (χ2v) is 4.17. The molecule has 19 heavy (non-hydrogen) atoms. The Morgan fingerprint density at radius 2 is 2.16 bits per heavy atom. The molecular formula is C11H15N5O3. The molecule has 2 aromatic heterocycles. The highest BCUT2D eigenvalue weighted by molar-refractivity contribution is 5.22. The lowest BCUT2D eigenvalue weighted by Crippen LogP contribution is -2.32. The number of rotatable bonds is 4. The third-order valence-electron chi connectivity index (χ3n) is 2.98. The third-order valence-corrected chi connectivity index (χ3v) is 2.98. The molecule has 0 saturated carbocycles. The van der Waals surface area contributed by atoms with Gasteiger partial charge in [-0.25, -0.2) is 4.79 Å². The van der Waals surface area contributed by atoms with Crippen molar-refractivity contribution < 1.29 is 5.11 Å². The molecule has 8 heteroatoms. The maximum atomic E-state index is 11.7. The smallest absolute Gasteiger partial charge is 0.331 e. The van der Waals surface area contributed by atoms with E-state index in [2.05, 4.69) is 15.2 Å². The summed E-state index contributed by atoms with van der Waals surface area (Å²) >= 11 is 0. The van der Waals surface area contributed by atoms with Crippen LogP contribution in [0.15, 0.2) is 15.9 Å². The zero-order valence-corrected chi connectivity index (χ0v) is 10.8. The summed E-state index contributed by atoms with van der Waals surface area (Å²) in [5.74, 6) is 0.411. The van der Waals surface area contributed by atoms with E-state index in [1.807, 2.05) is 0 Å². The van der Waals surface area contributed by atoms with Crippen LogP contribution >= 0.6 is 0 Å². The summed E-state index contributed by atoms with van der Waals surface area (Å²) in [4.78, 5) is 25.3. The van der Waals surface area contributed by atoms with Crippen molar-refractivity contribution in [1.29, 1.82) is 0 Å². The molecule has 102 valence electrons. The Morgan fingerprint density at radius 1 is 1.42 bits per heavy atom. The van der Waals surface area contributed by atoms with Crippen LogP contribution in [0.25, 0.3) is 0 Å². The predicted molar refractivity (Wildman–Crippen MR) is 67.1 cm³/mol. The van der Waals surface area contributed by atoms with Gasteiger partial charge >= 0.3 is 5.69 Å². The molecule has 8 nitrogen and oxygen atoms in total. The average Bonchev–Trinajstić information content (AvgIpc) is 2.75. The number of nitrogens with zero attached hydrogens (tertiary/aromatic N) is 4. The van der Waals surface area contributed by atoms with Gasteiger partial charge in [-0.3, -0.25) is 14.3 Å². The summed E-state index contributed by atoms with van der Waals surface area (Å²) in [6, 6.07) is 0. The van der Waals surface area contributed by atoms with Crippen LogP contribution in [0, 0.1) is 0 Å². The highest BCUT2D eigenvalue weighted by Gasteiger charge is 2.13. The lowest BCUT2D eigenvalue weighted by atomic mass is 10.2. The summed E-state index contributed by atoms with van der Waals surface area (Å²) in [6.07, 6.45) is 2.34. The molecular weight excluding hydrogens is 250 g/mol. The first kappa shape index (κ1) is 13.1. The zero-order valence-electron chi connectivity index (χ0n) is 10.8. The van der Waals surface area contributed by atoms with Gasteiger partial charge in [-0.05, 0) is 6.42 Å². The Balaban J connectivity index is 2.33. The fourth-order valence-electron chi connectivity index (χ4n) is 1.87. The van der Waals surface area contributed by atoms with Gasteiger partial charge in [0.2, 0.25) is 5.88 Å². The minimum absolute atomic E-state index is 0.206. The van der Waals surface area contributed by atoms with Crippen molar-refractivity contribution in [1.82, 2.24) is 24.3 Å². The quantitative estimate of drug-likeness (QED) is 0.751. The molecule has 0 aliphatic carbocycles. The first-order valence-corrected chi connectivity index (χ1v) is 5.92. The van der Waals surface area contributed by atoms with E-state index in [0.717, 1.165) is 4.57 Å². The Bertz CT molecular complexity index is 697. The number of aromatic hydroxyl groups is 1. The van der Waals surface area contributed by atoms with Crippen LogP contribution in [-0.2, 0) is 26.4 Å². The maximum absolute atomic E-state index is 11.7. The van der Waals surface area contributed by atoms with E-state index in [-0.39, 0.29) is 18.0 Å². The molecule has 2 heterocycles. The molecule has 2 rings (SSSR count). The fourth-order valence-corrected chi connectivity index (χ4v) is 1.87. The standard InChI is InChI=1S/C11H15N5O3/c1-3-7-9(17)13-11(19)16(10(7)18)5-4-8-14-12-6-15(8)2/h6,18H,3-5H2,1-2H3,(H,13,17,19). The Morgan fingerprint density at radius 3 is 2.74 bits per heavy atom. The number of nitrogens with one attached hydrogen (secondary N) is 1. The van der Waals surface area contributed by atoms with Gasteiger partial charge in [0.05, 0.1) is 5.56 Å². The van der Waals surface area contributed by atoms with Crippen LogP contribution in [-0.4, -0.2) is 29.4 Å². The highest BCUT2D eigenvalue weighted by Crippen LogP contribution is 2.10. The van der Waals surface area contributed by atoms with Crippen molar-refractivity contribution >= 4 is 0 Å². The number of aryl methyl sites for hydroxylation is 2. The normalized spacial score (nSPS) is 10.8. The number of hydrogen-bond donors (Lipinski definition) is 2. The van der Waals surface area contributed by atoms with Crippen LogP contribution in [0.4, 0.5) is 0 Å². The highest BCUT2D eigenvalue weighted by atomic mass is 16.3. The van der Waals surface area contributed by atoms with E-state index in [4.69, 9.17) is 0 Å². The van der Waals surface area contributed by atoms with Crippen molar-refractivity contribution in [3.05, 3.63) is 38.6 Å². The number of hydrogen-bond acceptors (Lipinski definition) is 5. The second kappa shape index (κ2) is 5.09. The second-order valence-electron chi connectivity index (χ2n) is 4.17. The van der Waals surface area contributed by atoms with E-state index in [0.29, 0.717) is 18.7 Å². The van der Waals surface area contributed by atoms with Gasteiger partial charge in [0.1, 0.15) is 12.2 Å². The molecule has 2 N–H and O–H groups in total. The third kappa shape index (κ3) is 2.42. The van der Waals surface area contributed by atoms with E-state index in [1.54, 1.807) is 24.9 Å². The Kier molecular flexibility index (Phi) is 3.50. The number of aromatic nitrogens is 5. The topological polar surface area (TPSA) is 106 Å².